The molecule has 2 aromatic heterocycles. The molecule has 0 unspecified atom stereocenters. The third kappa shape index (κ3) is 7.29. The van der Waals surface area contributed by atoms with Crippen molar-refractivity contribution in [2.75, 3.05) is 28.9 Å². The molecule has 230 valence electrons. The molecule has 9 nitrogen and oxygen atoms in total. The van der Waals surface area contributed by atoms with Crippen LogP contribution in [0.3, 0.4) is 0 Å². The summed E-state index contributed by atoms with van der Waals surface area (Å²) in [5, 5.41) is 6.22. The number of hydrogen-bond acceptors (Lipinski definition) is 7. The average molecular weight is 625 g/mol. The van der Waals surface area contributed by atoms with Gasteiger partial charge in [0.15, 0.2) is 11.6 Å². The summed E-state index contributed by atoms with van der Waals surface area (Å²) < 4.78 is 120. The van der Waals surface area contributed by atoms with Crippen LogP contribution in [0.5, 0.6) is 0 Å². The Morgan fingerprint density at radius 3 is 2.38 bits per heavy atom. The highest BCUT2D eigenvalue weighted by atomic mass is 32.2. The van der Waals surface area contributed by atoms with E-state index in [0.29, 0.717) is 24.1 Å². The van der Waals surface area contributed by atoms with Crippen molar-refractivity contribution in [2.24, 2.45) is 5.92 Å². The van der Waals surface area contributed by atoms with Crippen molar-refractivity contribution in [3.8, 4) is 11.1 Å². The van der Waals surface area contributed by atoms with Crippen LogP contribution in [0.25, 0.3) is 22.2 Å². The minimum absolute atomic E-state index is 0.0880. The second-order valence-corrected chi connectivity index (χ2v) is 12.1. The molecule has 1 aliphatic rings. The van der Waals surface area contributed by atoms with Crippen LogP contribution in [-0.4, -0.2) is 60.4 Å². The predicted octanol–water partition coefficient (Wildman–Crippen LogP) is 4.67. The summed E-state index contributed by atoms with van der Waals surface area (Å²) in [6.07, 6.45) is -7.49. The summed E-state index contributed by atoms with van der Waals surface area (Å²) in [6.45, 7) is 3.90. The van der Waals surface area contributed by atoms with Crippen molar-refractivity contribution in [2.45, 2.75) is 51.4 Å². The van der Waals surface area contributed by atoms with Gasteiger partial charge < -0.3 is 10.6 Å². The van der Waals surface area contributed by atoms with Crippen LogP contribution in [0.15, 0.2) is 29.2 Å². The molecule has 0 spiro atoms. The van der Waals surface area contributed by atoms with Crippen LogP contribution in [0, 0.1) is 17.6 Å². The average Bonchev–Trinajstić information content (AvgIpc) is 2.89. The maximum Gasteiger partial charge on any atom is 0.390 e. The molecule has 1 fully saturated rings. The number of pyridine rings is 1. The highest BCUT2D eigenvalue weighted by Crippen LogP contribution is 2.30. The molecule has 0 amide bonds. The fraction of sp³-hybridized carbons (Fsp3) is 0.480. The van der Waals surface area contributed by atoms with Gasteiger partial charge in [0.05, 0.1) is 12.2 Å². The normalized spacial score (nSPS) is 18.2. The lowest BCUT2D eigenvalue weighted by Gasteiger charge is -2.30. The van der Waals surface area contributed by atoms with E-state index in [-0.39, 0.29) is 35.7 Å². The lowest BCUT2D eigenvalue weighted by Crippen LogP contribution is -2.45. The van der Waals surface area contributed by atoms with Crippen LogP contribution in [0.4, 0.5) is 42.4 Å². The summed E-state index contributed by atoms with van der Waals surface area (Å²) in [4.78, 5) is 22.1. The lowest BCUT2D eigenvalue weighted by molar-refractivity contribution is -0.129. The lowest BCUT2D eigenvalue weighted by atomic mass is 9.96. The van der Waals surface area contributed by atoms with E-state index in [1.165, 1.54) is 21.6 Å². The molecule has 3 heterocycles. The first-order chi connectivity index (χ1) is 19.5. The molecular formula is C25H27F7N6O3S. The standard InChI is InChI=1S/C25H27F7N6O3S/c1-12(2)38-22-15(10-34-24(36-22)35-16-5-14(21(28)29)9-33-11-16)6-17(23(38)39)13-7-18(26)20(19(27)8-13)37-42(40,41)4-3-25(30,31)32/h6-8,10,12,14,16,21,33,37H,3-5,9,11H2,1-2H3,(H,34,35,36)/t14-,16+/m1/s1. The maximum atomic E-state index is 14.9. The topological polar surface area (TPSA) is 118 Å². The molecule has 1 aliphatic heterocycles. The molecule has 1 aromatic carbocycles. The maximum absolute atomic E-state index is 14.9. The highest BCUT2D eigenvalue weighted by molar-refractivity contribution is 7.92. The fourth-order valence-electron chi connectivity index (χ4n) is 4.62. The van der Waals surface area contributed by atoms with E-state index in [4.69, 9.17) is 0 Å². The number of sulfonamides is 1. The van der Waals surface area contributed by atoms with Gasteiger partial charge in [-0.05, 0) is 44.0 Å². The van der Waals surface area contributed by atoms with Gasteiger partial charge in [-0.3, -0.25) is 14.1 Å². The Morgan fingerprint density at radius 1 is 1.12 bits per heavy atom. The summed E-state index contributed by atoms with van der Waals surface area (Å²) in [7, 11) is -4.75. The van der Waals surface area contributed by atoms with Gasteiger partial charge in [-0.2, -0.15) is 18.2 Å². The van der Waals surface area contributed by atoms with Crippen molar-refractivity contribution in [3.63, 3.8) is 0 Å². The number of fused-ring (bicyclic) bond motifs is 1. The SMILES string of the molecule is CC(C)n1c(=O)c(-c2cc(F)c(NS(=O)(=O)CCC(F)(F)F)c(F)c2)cc2cnc(N[C@@H]3CNC[C@H](C(F)F)C3)nc21. The Bertz CT molecular complexity index is 1610. The van der Waals surface area contributed by atoms with Gasteiger partial charge >= 0.3 is 6.18 Å². The van der Waals surface area contributed by atoms with Crippen molar-refractivity contribution >= 4 is 32.7 Å². The Balaban J connectivity index is 1.68. The van der Waals surface area contributed by atoms with Gasteiger partial charge in [0.1, 0.15) is 11.3 Å². The smallest absolute Gasteiger partial charge is 0.350 e. The van der Waals surface area contributed by atoms with Gasteiger partial charge in [0.25, 0.3) is 5.56 Å². The molecule has 4 rings (SSSR count). The summed E-state index contributed by atoms with van der Waals surface area (Å²) in [5.41, 5.74) is -2.16. The number of anilines is 2. The minimum atomic E-state index is -4.80. The first kappa shape index (κ1) is 31.5. The van der Waals surface area contributed by atoms with Gasteiger partial charge in [0, 0.05) is 48.2 Å². The molecule has 0 bridgehead atoms. The molecule has 0 saturated carbocycles. The molecule has 1 saturated heterocycles. The molecule has 2 atom stereocenters. The monoisotopic (exact) mass is 624 g/mol. The van der Waals surface area contributed by atoms with Crippen LogP contribution in [0.1, 0.15) is 32.7 Å². The predicted molar refractivity (Wildman–Crippen MR) is 142 cm³/mol. The second-order valence-electron chi connectivity index (χ2n) is 10.2. The van der Waals surface area contributed by atoms with Crippen LogP contribution < -0.4 is 20.9 Å². The summed E-state index contributed by atoms with van der Waals surface area (Å²) in [5.74, 6) is -5.10. The van der Waals surface area contributed by atoms with E-state index < -0.39 is 75.7 Å². The number of benzene rings is 1. The second kappa shape index (κ2) is 12.0. The number of halogens is 7. The quantitative estimate of drug-likeness (QED) is 0.297. The fourth-order valence-corrected chi connectivity index (χ4v) is 5.73. The zero-order chi connectivity index (χ0) is 31.0. The van der Waals surface area contributed by atoms with E-state index >= 15 is 0 Å². The van der Waals surface area contributed by atoms with Crippen molar-refractivity contribution in [1.29, 1.82) is 0 Å². The number of hydrogen-bond donors (Lipinski definition) is 3. The van der Waals surface area contributed by atoms with Crippen LogP contribution in [0.2, 0.25) is 0 Å². The molecule has 3 aromatic rings. The van der Waals surface area contributed by atoms with Gasteiger partial charge in [-0.15, -0.1) is 0 Å². The summed E-state index contributed by atoms with van der Waals surface area (Å²) >= 11 is 0. The zero-order valence-electron chi connectivity index (χ0n) is 22.3. The number of piperidine rings is 1. The Kier molecular flexibility index (Phi) is 9.01. The molecule has 17 heteroatoms. The number of rotatable bonds is 9. The third-order valence-electron chi connectivity index (χ3n) is 6.63. The first-order valence-corrected chi connectivity index (χ1v) is 14.4. The van der Waals surface area contributed by atoms with Gasteiger partial charge in [-0.1, -0.05) is 0 Å². The third-order valence-corrected chi connectivity index (χ3v) is 7.89. The number of aromatic nitrogens is 3. The van der Waals surface area contributed by atoms with Crippen molar-refractivity contribution in [3.05, 3.63) is 46.4 Å². The molecule has 0 radical (unpaired) electrons. The minimum Gasteiger partial charge on any atom is -0.350 e. The molecular weight excluding hydrogens is 597 g/mol. The number of alkyl halides is 5. The van der Waals surface area contributed by atoms with Gasteiger partial charge in [0.2, 0.25) is 22.4 Å². The van der Waals surface area contributed by atoms with E-state index in [9.17, 15) is 43.9 Å². The van der Waals surface area contributed by atoms with E-state index in [1.54, 1.807) is 13.8 Å². The highest BCUT2D eigenvalue weighted by Gasteiger charge is 2.31. The Hall–Kier alpha value is -3.47. The first-order valence-electron chi connectivity index (χ1n) is 12.8. The number of nitrogens with one attached hydrogen (secondary N) is 3. The van der Waals surface area contributed by atoms with Gasteiger partial charge in [-0.25, -0.2) is 31.0 Å². The molecule has 3 N–H and O–H groups in total. The molecule has 42 heavy (non-hydrogen) atoms. The summed E-state index contributed by atoms with van der Waals surface area (Å²) in [6, 6.07) is 1.76. The Morgan fingerprint density at radius 2 is 1.79 bits per heavy atom. The van der Waals surface area contributed by atoms with Crippen LogP contribution in [-0.2, 0) is 10.0 Å². The van der Waals surface area contributed by atoms with E-state index in [1.807, 2.05) is 0 Å². The largest absolute Gasteiger partial charge is 0.390 e. The zero-order valence-corrected chi connectivity index (χ0v) is 23.1. The van der Waals surface area contributed by atoms with Crippen molar-refractivity contribution in [1.82, 2.24) is 19.9 Å². The van der Waals surface area contributed by atoms with Crippen molar-refractivity contribution < 1.29 is 39.2 Å². The number of nitrogens with zero attached hydrogens (tertiary/aromatic N) is 3. The Labute approximate surface area is 235 Å². The van der Waals surface area contributed by atoms with E-state index in [0.717, 1.165) is 0 Å². The molecule has 0 aliphatic carbocycles. The van der Waals surface area contributed by atoms with Crippen LogP contribution >= 0.6 is 0 Å². The van der Waals surface area contributed by atoms with E-state index in [2.05, 4.69) is 20.6 Å².